The minimum atomic E-state index is -0.171. The number of aromatic nitrogens is 1. The third kappa shape index (κ3) is 5.19. The van der Waals surface area contributed by atoms with Gasteiger partial charge in [0.25, 0.3) is 0 Å². The Balaban J connectivity index is 1.76. The average molecular weight is 419 g/mol. The van der Waals surface area contributed by atoms with Crippen molar-refractivity contribution in [3.8, 4) is 17.6 Å². The van der Waals surface area contributed by atoms with Crippen LogP contribution in [0.3, 0.4) is 0 Å². The van der Waals surface area contributed by atoms with Crippen LogP contribution in [0.1, 0.15) is 47.3 Å². The van der Waals surface area contributed by atoms with Crippen molar-refractivity contribution in [3.63, 3.8) is 0 Å². The first-order valence-electron chi connectivity index (χ1n) is 9.63. The second-order valence-electron chi connectivity index (χ2n) is 6.78. The quantitative estimate of drug-likeness (QED) is 0.483. The summed E-state index contributed by atoms with van der Waals surface area (Å²) in [6.45, 7) is 3.78. The highest BCUT2D eigenvalue weighted by Gasteiger charge is 2.16. The highest BCUT2D eigenvalue weighted by atomic mass is 32.2. The van der Waals surface area contributed by atoms with Crippen molar-refractivity contribution < 1.29 is 14.6 Å². The molecule has 6 heteroatoms. The SMILES string of the molecule is CCCc1c(OCc2cccc(Sc3cc(C#N)ccn3)c2)ccc(C(C)=O)c1O. The Bertz CT molecular complexity index is 1110. The summed E-state index contributed by atoms with van der Waals surface area (Å²) in [5, 5.41) is 20.3. The first kappa shape index (κ1) is 21.4. The lowest BCUT2D eigenvalue weighted by Gasteiger charge is -2.15. The number of aromatic hydroxyl groups is 1. The molecule has 3 aromatic rings. The second kappa shape index (κ2) is 9.95. The maximum absolute atomic E-state index is 11.7. The number of Topliss-reactive ketones (excluding diaryl/α,β-unsaturated/α-hetero) is 1. The van der Waals surface area contributed by atoms with Gasteiger partial charge < -0.3 is 9.84 Å². The van der Waals surface area contributed by atoms with Crippen LogP contribution in [0.4, 0.5) is 0 Å². The van der Waals surface area contributed by atoms with Crippen molar-refractivity contribution in [1.82, 2.24) is 4.98 Å². The molecule has 0 aliphatic rings. The summed E-state index contributed by atoms with van der Waals surface area (Å²) in [5.74, 6) is 0.422. The molecule has 0 saturated carbocycles. The van der Waals surface area contributed by atoms with Crippen LogP contribution in [0.2, 0.25) is 0 Å². The van der Waals surface area contributed by atoms with Crippen molar-refractivity contribution in [2.75, 3.05) is 0 Å². The largest absolute Gasteiger partial charge is 0.507 e. The Morgan fingerprint density at radius 3 is 2.80 bits per heavy atom. The Kier molecular flexibility index (Phi) is 7.10. The summed E-state index contributed by atoms with van der Waals surface area (Å²) in [5.41, 5.74) is 2.52. The molecule has 0 aliphatic heterocycles. The number of phenolic OH excluding ortho intramolecular Hbond substituents is 1. The molecule has 0 fully saturated rings. The first-order valence-corrected chi connectivity index (χ1v) is 10.4. The van der Waals surface area contributed by atoms with E-state index in [1.54, 1.807) is 30.5 Å². The molecule has 0 aliphatic carbocycles. The van der Waals surface area contributed by atoms with Gasteiger partial charge in [0.05, 0.1) is 17.2 Å². The smallest absolute Gasteiger partial charge is 0.163 e. The predicted octanol–water partition coefficient (Wildman–Crippen LogP) is 5.54. The van der Waals surface area contributed by atoms with Crippen LogP contribution in [-0.2, 0) is 13.0 Å². The number of rotatable bonds is 8. The lowest BCUT2D eigenvalue weighted by atomic mass is 10.0. The second-order valence-corrected chi connectivity index (χ2v) is 7.87. The molecule has 1 heterocycles. The zero-order valence-electron chi connectivity index (χ0n) is 16.9. The normalized spacial score (nSPS) is 10.4. The van der Waals surface area contributed by atoms with Crippen LogP contribution in [0, 0.1) is 11.3 Å². The Morgan fingerprint density at radius 2 is 2.07 bits per heavy atom. The number of phenols is 1. The summed E-state index contributed by atoms with van der Waals surface area (Å²) < 4.78 is 5.99. The molecule has 30 heavy (non-hydrogen) atoms. The highest BCUT2D eigenvalue weighted by Crippen LogP contribution is 2.34. The standard InChI is InChI=1S/C24H22N2O3S/c1-3-5-21-22(9-8-20(16(2)27)24(21)28)29-15-18-6-4-7-19(12-18)30-23-13-17(14-25)10-11-26-23/h4,6-13,28H,3,5,15H2,1-2H3. The number of ketones is 1. The van der Waals surface area contributed by atoms with Gasteiger partial charge in [0.15, 0.2) is 5.78 Å². The van der Waals surface area contributed by atoms with Gasteiger partial charge in [0, 0.05) is 16.7 Å². The Hall–Kier alpha value is -3.30. The van der Waals surface area contributed by atoms with Crippen molar-refractivity contribution in [1.29, 1.82) is 5.26 Å². The van der Waals surface area contributed by atoms with E-state index in [-0.39, 0.29) is 11.5 Å². The predicted molar refractivity (Wildman–Crippen MR) is 116 cm³/mol. The van der Waals surface area contributed by atoms with E-state index in [2.05, 4.69) is 11.1 Å². The molecule has 1 aromatic heterocycles. The maximum Gasteiger partial charge on any atom is 0.163 e. The number of ether oxygens (including phenoxy) is 1. The van der Waals surface area contributed by atoms with E-state index in [9.17, 15) is 9.90 Å². The van der Waals surface area contributed by atoms with Gasteiger partial charge in [-0.05, 0) is 55.3 Å². The average Bonchev–Trinajstić information content (AvgIpc) is 2.74. The van der Waals surface area contributed by atoms with E-state index in [0.29, 0.717) is 35.5 Å². The monoisotopic (exact) mass is 418 g/mol. The minimum absolute atomic E-state index is 0.00889. The van der Waals surface area contributed by atoms with Gasteiger partial charge in [0.2, 0.25) is 0 Å². The Morgan fingerprint density at radius 1 is 1.23 bits per heavy atom. The van der Waals surface area contributed by atoms with Crippen LogP contribution in [-0.4, -0.2) is 15.9 Å². The molecule has 0 saturated heterocycles. The number of nitrogens with zero attached hydrogens (tertiary/aromatic N) is 2. The molecule has 152 valence electrons. The molecule has 0 bridgehead atoms. The fourth-order valence-electron chi connectivity index (χ4n) is 3.04. The molecule has 0 spiro atoms. The van der Waals surface area contributed by atoms with Gasteiger partial charge in [-0.2, -0.15) is 5.26 Å². The highest BCUT2D eigenvalue weighted by molar-refractivity contribution is 7.99. The molecule has 1 N–H and O–H groups in total. The summed E-state index contributed by atoms with van der Waals surface area (Å²) in [6, 6.07) is 16.8. The zero-order valence-corrected chi connectivity index (χ0v) is 17.7. The summed E-state index contributed by atoms with van der Waals surface area (Å²) in [4.78, 5) is 17.0. The van der Waals surface area contributed by atoms with Crippen LogP contribution >= 0.6 is 11.8 Å². The molecule has 0 amide bonds. The van der Waals surface area contributed by atoms with Crippen LogP contribution in [0.5, 0.6) is 11.5 Å². The van der Waals surface area contributed by atoms with Gasteiger partial charge in [-0.15, -0.1) is 0 Å². The molecule has 2 aromatic carbocycles. The molecular formula is C24H22N2O3S. The molecule has 0 atom stereocenters. The number of carbonyl (C=O) groups excluding carboxylic acids is 1. The van der Waals surface area contributed by atoms with Crippen LogP contribution in [0.15, 0.2) is 64.6 Å². The van der Waals surface area contributed by atoms with E-state index >= 15 is 0 Å². The maximum atomic E-state index is 11.7. The van der Waals surface area contributed by atoms with Gasteiger partial charge in [-0.25, -0.2) is 4.98 Å². The Labute approximate surface area is 180 Å². The van der Waals surface area contributed by atoms with Gasteiger partial charge in [-0.1, -0.05) is 37.2 Å². The fraction of sp³-hybridized carbons (Fsp3) is 0.208. The number of hydrogen-bond acceptors (Lipinski definition) is 6. The summed E-state index contributed by atoms with van der Waals surface area (Å²) in [6.07, 6.45) is 3.07. The van der Waals surface area contributed by atoms with Crippen molar-refractivity contribution in [3.05, 3.63) is 77.0 Å². The van der Waals surface area contributed by atoms with Crippen LogP contribution < -0.4 is 4.74 Å². The van der Waals surface area contributed by atoms with E-state index in [1.807, 2.05) is 31.2 Å². The van der Waals surface area contributed by atoms with E-state index in [0.717, 1.165) is 21.9 Å². The fourth-order valence-corrected chi connectivity index (χ4v) is 3.94. The minimum Gasteiger partial charge on any atom is -0.507 e. The summed E-state index contributed by atoms with van der Waals surface area (Å²) >= 11 is 1.48. The number of nitriles is 1. The molecular weight excluding hydrogens is 396 g/mol. The lowest BCUT2D eigenvalue weighted by Crippen LogP contribution is -2.02. The zero-order chi connectivity index (χ0) is 21.5. The third-order valence-corrected chi connectivity index (χ3v) is 5.42. The van der Waals surface area contributed by atoms with Gasteiger partial charge in [0.1, 0.15) is 23.1 Å². The van der Waals surface area contributed by atoms with Crippen LogP contribution in [0.25, 0.3) is 0 Å². The first-order chi connectivity index (χ1) is 14.5. The number of carbonyl (C=O) groups is 1. The number of hydrogen-bond donors (Lipinski definition) is 1. The molecule has 3 rings (SSSR count). The van der Waals surface area contributed by atoms with Gasteiger partial charge in [-0.3, -0.25) is 4.79 Å². The van der Waals surface area contributed by atoms with Crippen molar-refractivity contribution in [2.24, 2.45) is 0 Å². The molecule has 5 nitrogen and oxygen atoms in total. The topological polar surface area (TPSA) is 83.2 Å². The van der Waals surface area contributed by atoms with E-state index in [1.165, 1.54) is 18.7 Å². The van der Waals surface area contributed by atoms with E-state index < -0.39 is 0 Å². The number of benzene rings is 2. The number of pyridine rings is 1. The van der Waals surface area contributed by atoms with E-state index in [4.69, 9.17) is 10.00 Å². The van der Waals surface area contributed by atoms with Crippen molar-refractivity contribution in [2.45, 2.75) is 43.2 Å². The van der Waals surface area contributed by atoms with Gasteiger partial charge >= 0.3 is 0 Å². The lowest BCUT2D eigenvalue weighted by molar-refractivity contribution is 0.101. The third-order valence-electron chi connectivity index (χ3n) is 4.50. The molecule has 0 radical (unpaired) electrons. The van der Waals surface area contributed by atoms with Crippen molar-refractivity contribution >= 4 is 17.5 Å². The summed E-state index contributed by atoms with van der Waals surface area (Å²) in [7, 11) is 0. The molecule has 0 unspecified atom stereocenters.